The van der Waals surface area contributed by atoms with Crippen molar-refractivity contribution >= 4 is 5.69 Å². The summed E-state index contributed by atoms with van der Waals surface area (Å²) in [6.45, 7) is 7.94. The van der Waals surface area contributed by atoms with Crippen molar-refractivity contribution in [3.8, 4) is 0 Å². The van der Waals surface area contributed by atoms with Crippen LogP contribution in [-0.4, -0.2) is 20.7 Å². The Balaban J connectivity index is 3.43. The number of rotatable bonds is 6. The first-order valence-electron chi connectivity index (χ1n) is 6.76. The van der Waals surface area contributed by atoms with Crippen molar-refractivity contribution in [3.05, 3.63) is 21.5 Å². The molecule has 0 spiro atoms. The van der Waals surface area contributed by atoms with E-state index in [0.29, 0.717) is 17.8 Å². The van der Waals surface area contributed by atoms with Gasteiger partial charge in [0.2, 0.25) is 0 Å². The fourth-order valence-corrected chi connectivity index (χ4v) is 2.73. The first kappa shape index (κ1) is 15.6. The Labute approximate surface area is 114 Å². The summed E-state index contributed by atoms with van der Waals surface area (Å²) in [6.07, 6.45) is 1.45. The molecule has 1 rings (SSSR count). The number of aromatic nitrogens is 2. The van der Waals surface area contributed by atoms with Crippen molar-refractivity contribution in [3.63, 3.8) is 0 Å². The van der Waals surface area contributed by atoms with Crippen LogP contribution in [0.1, 0.15) is 51.4 Å². The molecule has 0 aliphatic rings. The van der Waals surface area contributed by atoms with Gasteiger partial charge in [0.25, 0.3) is 0 Å². The number of nitro groups is 1. The highest BCUT2D eigenvalue weighted by molar-refractivity contribution is 5.44. The molecular formula is C13H24N4O2. The normalized spacial score (nSPS) is 14.7. The Hall–Kier alpha value is -1.43. The zero-order valence-electron chi connectivity index (χ0n) is 12.4. The first-order valence-corrected chi connectivity index (χ1v) is 6.76. The number of nitrogens with zero attached hydrogens (tertiary/aromatic N) is 3. The van der Waals surface area contributed by atoms with Crippen LogP contribution in [0.25, 0.3) is 0 Å². The van der Waals surface area contributed by atoms with Crippen LogP contribution >= 0.6 is 0 Å². The topological polar surface area (TPSA) is 87.0 Å². The highest BCUT2D eigenvalue weighted by atomic mass is 16.6. The Morgan fingerprint density at radius 1 is 1.42 bits per heavy atom. The van der Waals surface area contributed by atoms with Gasteiger partial charge >= 0.3 is 5.69 Å². The van der Waals surface area contributed by atoms with E-state index < -0.39 is 0 Å². The SMILES string of the molecule is CCCc1nn(C)c(C(C(C)C)C(C)N)c1[N+](=O)[O-]. The van der Waals surface area contributed by atoms with Gasteiger partial charge in [0, 0.05) is 19.0 Å². The van der Waals surface area contributed by atoms with Gasteiger partial charge in [-0.3, -0.25) is 14.8 Å². The quantitative estimate of drug-likeness (QED) is 0.633. The molecule has 0 saturated heterocycles. The van der Waals surface area contributed by atoms with Crippen LogP contribution < -0.4 is 5.73 Å². The zero-order valence-corrected chi connectivity index (χ0v) is 12.4. The second-order valence-corrected chi connectivity index (χ2v) is 5.44. The Bertz CT molecular complexity index is 444. The van der Waals surface area contributed by atoms with Gasteiger partial charge in [-0.15, -0.1) is 0 Å². The van der Waals surface area contributed by atoms with E-state index in [2.05, 4.69) is 5.10 Å². The van der Waals surface area contributed by atoms with Crippen LogP contribution in [0.4, 0.5) is 5.69 Å². The fourth-order valence-electron chi connectivity index (χ4n) is 2.73. The predicted octanol–water partition coefficient (Wildman–Crippen LogP) is 2.37. The summed E-state index contributed by atoms with van der Waals surface area (Å²) in [4.78, 5) is 11.1. The molecule has 19 heavy (non-hydrogen) atoms. The minimum atomic E-state index is -0.314. The molecule has 0 aliphatic heterocycles. The average Bonchev–Trinajstić information content (AvgIpc) is 2.55. The molecule has 2 atom stereocenters. The first-order chi connectivity index (χ1) is 8.81. The molecule has 6 heteroatoms. The summed E-state index contributed by atoms with van der Waals surface area (Å²) in [5.41, 5.74) is 7.40. The van der Waals surface area contributed by atoms with E-state index in [4.69, 9.17) is 5.73 Å². The smallest absolute Gasteiger partial charge is 0.313 e. The maximum absolute atomic E-state index is 11.4. The largest absolute Gasteiger partial charge is 0.327 e. The Kier molecular flexibility index (Phi) is 5.05. The molecule has 6 nitrogen and oxygen atoms in total. The summed E-state index contributed by atoms with van der Waals surface area (Å²) in [6, 6.07) is -0.149. The third-order valence-electron chi connectivity index (χ3n) is 3.41. The number of aryl methyl sites for hydroxylation is 2. The van der Waals surface area contributed by atoms with Crippen molar-refractivity contribution in [2.24, 2.45) is 18.7 Å². The van der Waals surface area contributed by atoms with E-state index in [1.165, 1.54) is 0 Å². The van der Waals surface area contributed by atoms with Crippen LogP contribution in [0.5, 0.6) is 0 Å². The third-order valence-corrected chi connectivity index (χ3v) is 3.41. The fraction of sp³-hybridized carbons (Fsp3) is 0.769. The van der Waals surface area contributed by atoms with E-state index in [1.807, 2.05) is 27.7 Å². The van der Waals surface area contributed by atoms with Gasteiger partial charge in [-0.25, -0.2) is 0 Å². The molecule has 2 N–H and O–H groups in total. The minimum absolute atomic E-state index is 0.0662. The molecule has 0 saturated carbocycles. The van der Waals surface area contributed by atoms with Crippen molar-refractivity contribution in [2.45, 2.75) is 52.5 Å². The molecule has 0 amide bonds. The molecule has 2 unspecified atom stereocenters. The van der Waals surface area contributed by atoms with Gasteiger partial charge in [0.05, 0.1) is 4.92 Å². The summed E-state index contributed by atoms with van der Waals surface area (Å²) in [7, 11) is 1.76. The number of hydrogen-bond donors (Lipinski definition) is 1. The summed E-state index contributed by atoms with van der Waals surface area (Å²) >= 11 is 0. The van der Waals surface area contributed by atoms with E-state index in [0.717, 1.165) is 6.42 Å². The molecule has 0 fully saturated rings. The minimum Gasteiger partial charge on any atom is -0.327 e. The highest BCUT2D eigenvalue weighted by Crippen LogP contribution is 2.36. The Morgan fingerprint density at radius 3 is 2.37 bits per heavy atom. The lowest BCUT2D eigenvalue weighted by molar-refractivity contribution is -0.386. The Morgan fingerprint density at radius 2 is 2.00 bits per heavy atom. The van der Waals surface area contributed by atoms with Gasteiger partial charge in [-0.2, -0.15) is 5.10 Å². The van der Waals surface area contributed by atoms with Gasteiger partial charge in [0.1, 0.15) is 11.4 Å². The average molecular weight is 268 g/mol. The lowest BCUT2D eigenvalue weighted by atomic mass is 9.85. The van der Waals surface area contributed by atoms with Crippen LogP contribution in [0.2, 0.25) is 0 Å². The highest BCUT2D eigenvalue weighted by Gasteiger charge is 2.34. The molecule has 1 heterocycles. The van der Waals surface area contributed by atoms with Crippen LogP contribution in [0.3, 0.4) is 0 Å². The molecule has 0 radical (unpaired) electrons. The van der Waals surface area contributed by atoms with Crippen LogP contribution in [0, 0.1) is 16.0 Å². The maximum Gasteiger partial charge on any atom is 0.313 e. The van der Waals surface area contributed by atoms with Gasteiger partial charge < -0.3 is 5.73 Å². The van der Waals surface area contributed by atoms with Gasteiger partial charge in [-0.05, 0) is 19.3 Å². The second kappa shape index (κ2) is 6.14. The van der Waals surface area contributed by atoms with E-state index in [1.54, 1.807) is 11.7 Å². The van der Waals surface area contributed by atoms with Crippen LogP contribution in [-0.2, 0) is 13.5 Å². The van der Waals surface area contributed by atoms with E-state index in [9.17, 15) is 10.1 Å². The third kappa shape index (κ3) is 3.12. The second-order valence-electron chi connectivity index (χ2n) is 5.44. The molecule has 0 bridgehead atoms. The van der Waals surface area contributed by atoms with E-state index >= 15 is 0 Å². The lowest BCUT2D eigenvalue weighted by Gasteiger charge is -2.24. The molecule has 0 aromatic carbocycles. The molecule has 1 aromatic rings. The van der Waals surface area contributed by atoms with Gasteiger partial charge in [-0.1, -0.05) is 27.2 Å². The van der Waals surface area contributed by atoms with Gasteiger partial charge in [0.15, 0.2) is 0 Å². The standard InChI is InChI=1S/C13H24N4O2/c1-6-7-10-12(17(18)19)13(16(5)15-10)11(8(2)3)9(4)14/h8-9,11H,6-7,14H2,1-5H3. The summed E-state index contributed by atoms with van der Waals surface area (Å²) < 4.78 is 1.64. The molecule has 0 aliphatic carbocycles. The van der Waals surface area contributed by atoms with E-state index in [-0.39, 0.29) is 28.5 Å². The summed E-state index contributed by atoms with van der Waals surface area (Å²) in [5.74, 6) is 0.159. The van der Waals surface area contributed by atoms with Crippen molar-refractivity contribution in [1.82, 2.24) is 9.78 Å². The summed E-state index contributed by atoms with van der Waals surface area (Å²) in [5, 5.41) is 15.7. The lowest BCUT2D eigenvalue weighted by Crippen LogP contribution is -2.30. The van der Waals surface area contributed by atoms with Crippen LogP contribution in [0.15, 0.2) is 0 Å². The monoisotopic (exact) mass is 268 g/mol. The maximum atomic E-state index is 11.4. The predicted molar refractivity (Wildman–Crippen MR) is 75.1 cm³/mol. The number of nitrogens with two attached hydrogens (primary N) is 1. The van der Waals surface area contributed by atoms with Crippen molar-refractivity contribution in [1.29, 1.82) is 0 Å². The molecule has 1 aromatic heterocycles. The zero-order chi connectivity index (χ0) is 14.7. The molecular weight excluding hydrogens is 244 g/mol. The van der Waals surface area contributed by atoms with Crippen molar-refractivity contribution in [2.75, 3.05) is 0 Å². The molecule has 108 valence electrons. The van der Waals surface area contributed by atoms with Crippen molar-refractivity contribution < 1.29 is 4.92 Å². The number of hydrogen-bond acceptors (Lipinski definition) is 4.